The number of hydrogen-bond acceptors (Lipinski definition) is 2. The van der Waals surface area contributed by atoms with Crippen molar-refractivity contribution in [2.24, 2.45) is 5.92 Å². The van der Waals surface area contributed by atoms with Gasteiger partial charge in [0.2, 0.25) is 0 Å². The molecule has 3 atom stereocenters. The zero-order valence-corrected chi connectivity index (χ0v) is 16.2. The zero-order valence-electron chi connectivity index (χ0n) is 12.5. The Labute approximate surface area is 118 Å². The van der Waals surface area contributed by atoms with Crippen LogP contribution < -0.4 is 4.72 Å². The van der Waals surface area contributed by atoms with E-state index in [4.69, 9.17) is 4.74 Å². The van der Waals surface area contributed by atoms with Gasteiger partial charge in [-0.15, -0.1) is 0 Å². The van der Waals surface area contributed by atoms with Crippen LogP contribution in [0.15, 0.2) is 10.2 Å². The minimum atomic E-state index is -2.11. The molecule has 1 aliphatic heterocycles. The second kappa shape index (κ2) is 5.93. The summed E-state index contributed by atoms with van der Waals surface area (Å²) in [6.07, 6.45) is 0. The van der Waals surface area contributed by atoms with E-state index in [0.29, 0.717) is 12.5 Å². The van der Waals surface area contributed by atoms with E-state index < -0.39 is 29.4 Å². The predicted molar refractivity (Wildman–Crippen MR) is 81.6 cm³/mol. The Kier molecular flexibility index (Phi) is 5.49. The van der Waals surface area contributed by atoms with Crippen LogP contribution in [0.5, 0.6) is 0 Å². The number of hydrogen-bond donors (Lipinski definition) is 1. The fraction of sp³-hybridized carbons (Fsp3) is 0.846. The number of nitrogens with one attached hydrogen (secondary N) is 1. The van der Waals surface area contributed by atoms with Crippen LogP contribution in [0.3, 0.4) is 0 Å². The van der Waals surface area contributed by atoms with E-state index in [-0.39, 0.29) is 10.8 Å². The van der Waals surface area contributed by atoms with Crippen molar-refractivity contribution in [3.05, 3.63) is 10.2 Å². The van der Waals surface area contributed by atoms with Gasteiger partial charge in [-0.2, -0.15) is 0 Å². The van der Waals surface area contributed by atoms with Gasteiger partial charge < -0.3 is 0 Å². The standard InChI is InChI=1S/C10H18NO2S.3CH3.Sn/c1-5-8-6-13-7-9(8)11-14(12)10(2,3)4;;;;/h8-9,11H,1,6-7H2,2-4H3;3*1H3;/t8-,9+,14?;;;;/m1..../s1. The van der Waals surface area contributed by atoms with Gasteiger partial charge in [0.05, 0.1) is 0 Å². The molecule has 1 N–H and O–H groups in total. The SMILES string of the molecule is C=[C]([C@@H]1COC[C@@H]1NS(=O)C(C)(C)C)[Sn]([CH3])([CH3])[CH3]. The van der Waals surface area contributed by atoms with Crippen molar-refractivity contribution < 1.29 is 8.95 Å². The Morgan fingerprint density at radius 3 is 2.33 bits per heavy atom. The second-order valence-corrected chi connectivity index (χ2v) is 23.7. The third-order valence-electron chi connectivity index (χ3n) is 3.31. The van der Waals surface area contributed by atoms with Crippen LogP contribution >= 0.6 is 0 Å². The summed E-state index contributed by atoms with van der Waals surface area (Å²) in [7, 11) is -1.04. The fourth-order valence-electron chi connectivity index (χ4n) is 1.88. The molecule has 0 radical (unpaired) electrons. The molecule has 106 valence electrons. The van der Waals surface area contributed by atoms with Crippen LogP contribution in [0.25, 0.3) is 0 Å². The molecule has 5 heteroatoms. The van der Waals surface area contributed by atoms with Crippen LogP contribution in [0, 0.1) is 5.92 Å². The van der Waals surface area contributed by atoms with Crippen molar-refractivity contribution in [3.63, 3.8) is 0 Å². The van der Waals surface area contributed by atoms with Gasteiger partial charge in [-0.1, -0.05) is 0 Å². The van der Waals surface area contributed by atoms with Crippen LogP contribution in [0.4, 0.5) is 0 Å². The Morgan fingerprint density at radius 1 is 1.33 bits per heavy atom. The summed E-state index contributed by atoms with van der Waals surface area (Å²) in [6, 6.07) is 0.161. The first kappa shape index (κ1) is 16.7. The normalized spacial score (nSPS) is 27.2. The van der Waals surface area contributed by atoms with Crippen LogP contribution in [-0.4, -0.2) is 46.6 Å². The average Bonchev–Trinajstić information content (AvgIpc) is 2.61. The maximum absolute atomic E-state index is 12.2. The van der Waals surface area contributed by atoms with Gasteiger partial charge in [0, 0.05) is 0 Å². The molecule has 1 unspecified atom stereocenters. The second-order valence-electron chi connectivity index (χ2n) is 7.02. The molecule has 0 saturated carbocycles. The molecule has 0 spiro atoms. The molecule has 0 aromatic heterocycles. The van der Waals surface area contributed by atoms with Crippen LogP contribution in [0.2, 0.25) is 14.8 Å². The van der Waals surface area contributed by atoms with Crippen molar-refractivity contribution in [2.75, 3.05) is 13.2 Å². The molecule has 1 saturated heterocycles. The Hall–Kier alpha value is 0.609. The third kappa shape index (κ3) is 4.32. The molecule has 1 heterocycles. The van der Waals surface area contributed by atoms with Crippen molar-refractivity contribution in [2.45, 2.75) is 46.4 Å². The minimum absolute atomic E-state index is 0.161. The van der Waals surface area contributed by atoms with E-state index in [1.54, 1.807) is 0 Å². The van der Waals surface area contributed by atoms with E-state index in [9.17, 15) is 4.21 Å². The van der Waals surface area contributed by atoms with Gasteiger partial charge in [0.1, 0.15) is 0 Å². The van der Waals surface area contributed by atoms with Gasteiger partial charge in [0.15, 0.2) is 0 Å². The molecular formula is C13H27NO2SSn. The number of ether oxygens (including phenoxy) is 1. The molecule has 0 aromatic rings. The maximum atomic E-state index is 12.2. The summed E-state index contributed by atoms with van der Waals surface area (Å²) in [6.45, 7) is 11.6. The summed E-state index contributed by atoms with van der Waals surface area (Å²) in [5.74, 6) is 0.340. The van der Waals surface area contributed by atoms with E-state index in [1.165, 1.54) is 3.59 Å². The zero-order chi connectivity index (χ0) is 14.1. The molecule has 0 aromatic carbocycles. The summed E-state index contributed by atoms with van der Waals surface area (Å²) < 4.78 is 22.1. The molecule has 18 heavy (non-hydrogen) atoms. The van der Waals surface area contributed by atoms with E-state index >= 15 is 0 Å². The summed E-state index contributed by atoms with van der Waals surface area (Å²) in [5, 5.41) is 0. The Balaban J connectivity index is 2.72. The molecule has 0 amide bonds. The summed E-state index contributed by atoms with van der Waals surface area (Å²) in [4.78, 5) is 7.10. The third-order valence-corrected chi connectivity index (χ3v) is 11.5. The molecule has 1 rings (SSSR count). The van der Waals surface area contributed by atoms with Gasteiger partial charge in [0.25, 0.3) is 0 Å². The molecular weight excluding hydrogens is 353 g/mol. The summed E-state index contributed by atoms with van der Waals surface area (Å²) >= 11 is -2.11. The Bertz CT molecular complexity index is 344. The first-order chi connectivity index (χ1) is 8.03. The molecule has 1 aliphatic rings. The first-order valence-corrected chi connectivity index (χ1v) is 17.6. The van der Waals surface area contributed by atoms with E-state index in [2.05, 4.69) is 26.1 Å². The molecule has 3 nitrogen and oxygen atoms in total. The molecule has 0 bridgehead atoms. The van der Waals surface area contributed by atoms with Crippen LogP contribution in [-0.2, 0) is 15.7 Å². The summed E-state index contributed by atoms with van der Waals surface area (Å²) in [5.41, 5.74) is 0. The fourth-order valence-corrected chi connectivity index (χ4v) is 6.73. The molecule has 1 fully saturated rings. The van der Waals surface area contributed by atoms with Crippen molar-refractivity contribution in [3.8, 4) is 0 Å². The van der Waals surface area contributed by atoms with Crippen molar-refractivity contribution in [1.29, 1.82) is 0 Å². The van der Waals surface area contributed by atoms with Crippen molar-refractivity contribution >= 4 is 29.4 Å². The van der Waals surface area contributed by atoms with Gasteiger partial charge in [-0.05, 0) is 0 Å². The Morgan fingerprint density at radius 2 is 1.89 bits per heavy atom. The molecule has 0 aliphatic carbocycles. The van der Waals surface area contributed by atoms with Gasteiger partial charge in [-0.3, -0.25) is 0 Å². The monoisotopic (exact) mass is 381 g/mol. The number of rotatable bonds is 4. The first-order valence-electron chi connectivity index (χ1n) is 6.48. The van der Waals surface area contributed by atoms with E-state index in [1.807, 2.05) is 20.8 Å². The topological polar surface area (TPSA) is 38.3 Å². The van der Waals surface area contributed by atoms with Gasteiger partial charge >= 0.3 is 119 Å². The van der Waals surface area contributed by atoms with E-state index in [0.717, 1.165) is 6.61 Å². The van der Waals surface area contributed by atoms with Gasteiger partial charge in [-0.25, -0.2) is 0 Å². The average molecular weight is 380 g/mol. The predicted octanol–water partition coefficient (Wildman–Crippen LogP) is 2.49. The van der Waals surface area contributed by atoms with Crippen molar-refractivity contribution in [1.82, 2.24) is 4.72 Å². The quantitative estimate of drug-likeness (QED) is 0.762. The van der Waals surface area contributed by atoms with Crippen LogP contribution in [0.1, 0.15) is 20.8 Å².